The SMILES string of the molecule is CC(O)C1CC(NC2CCCCC2)CN(C2CC2)C1. The Morgan fingerprint density at radius 3 is 2.37 bits per heavy atom. The smallest absolute Gasteiger partial charge is 0.0553 e. The molecule has 2 saturated carbocycles. The molecule has 0 aromatic rings. The average molecular weight is 266 g/mol. The Bertz CT molecular complexity index is 274. The van der Waals surface area contributed by atoms with Gasteiger partial charge in [-0.25, -0.2) is 0 Å². The summed E-state index contributed by atoms with van der Waals surface area (Å²) in [5.74, 6) is 0.468. The van der Waals surface area contributed by atoms with Crippen molar-refractivity contribution in [3.63, 3.8) is 0 Å². The van der Waals surface area contributed by atoms with Crippen LogP contribution in [0.2, 0.25) is 0 Å². The summed E-state index contributed by atoms with van der Waals surface area (Å²) < 4.78 is 0. The van der Waals surface area contributed by atoms with Crippen LogP contribution in [0.4, 0.5) is 0 Å². The molecule has 1 saturated heterocycles. The van der Waals surface area contributed by atoms with Gasteiger partial charge in [0.2, 0.25) is 0 Å². The van der Waals surface area contributed by atoms with Crippen molar-refractivity contribution in [2.75, 3.05) is 13.1 Å². The fourth-order valence-corrected chi connectivity index (χ4v) is 3.98. The zero-order valence-corrected chi connectivity index (χ0v) is 12.4. The molecule has 3 atom stereocenters. The molecule has 3 heteroatoms. The highest BCUT2D eigenvalue weighted by molar-refractivity contribution is 4.94. The maximum Gasteiger partial charge on any atom is 0.0553 e. The van der Waals surface area contributed by atoms with Crippen LogP contribution in [0.3, 0.4) is 0 Å². The molecule has 1 heterocycles. The van der Waals surface area contributed by atoms with E-state index in [1.54, 1.807) is 0 Å². The first-order chi connectivity index (χ1) is 9.22. The van der Waals surface area contributed by atoms with Gasteiger partial charge in [-0.05, 0) is 44.9 Å². The number of piperidine rings is 1. The van der Waals surface area contributed by atoms with Crippen LogP contribution < -0.4 is 5.32 Å². The number of hydrogen-bond donors (Lipinski definition) is 2. The molecule has 1 aliphatic heterocycles. The number of rotatable bonds is 4. The minimum atomic E-state index is -0.155. The lowest BCUT2D eigenvalue weighted by Crippen LogP contribution is -2.54. The summed E-state index contributed by atoms with van der Waals surface area (Å²) in [4.78, 5) is 2.64. The lowest BCUT2D eigenvalue weighted by Gasteiger charge is -2.41. The summed E-state index contributed by atoms with van der Waals surface area (Å²) in [6.07, 6.45) is 10.7. The highest BCUT2D eigenvalue weighted by Crippen LogP contribution is 2.32. The third-order valence-electron chi connectivity index (χ3n) is 5.33. The maximum atomic E-state index is 9.97. The van der Waals surface area contributed by atoms with E-state index in [0.717, 1.165) is 25.0 Å². The van der Waals surface area contributed by atoms with E-state index in [4.69, 9.17) is 0 Å². The van der Waals surface area contributed by atoms with Gasteiger partial charge in [0.15, 0.2) is 0 Å². The van der Waals surface area contributed by atoms with E-state index in [0.29, 0.717) is 12.0 Å². The van der Waals surface area contributed by atoms with Gasteiger partial charge in [0, 0.05) is 31.2 Å². The van der Waals surface area contributed by atoms with Gasteiger partial charge in [-0.1, -0.05) is 19.3 Å². The van der Waals surface area contributed by atoms with Crippen LogP contribution in [0.15, 0.2) is 0 Å². The summed E-state index contributed by atoms with van der Waals surface area (Å²) in [5.41, 5.74) is 0. The van der Waals surface area contributed by atoms with Crippen molar-refractivity contribution >= 4 is 0 Å². The molecule has 0 radical (unpaired) electrons. The summed E-state index contributed by atoms with van der Waals surface area (Å²) in [7, 11) is 0. The second-order valence-corrected chi connectivity index (χ2v) is 7.12. The number of nitrogens with zero attached hydrogens (tertiary/aromatic N) is 1. The molecule has 19 heavy (non-hydrogen) atoms. The number of aliphatic hydroxyl groups is 1. The van der Waals surface area contributed by atoms with Crippen LogP contribution in [0.1, 0.15) is 58.3 Å². The van der Waals surface area contributed by atoms with Crippen LogP contribution in [-0.4, -0.2) is 47.3 Å². The van der Waals surface area contributed by atoms with Crippen molar-refractivity contribution < 1.29 is 5.11 Å². The van der Waals surface area contributed by atoms with E-state index in [-0.39, 0.29) is 6.10 Å². The van der Waals surface area contributed by atoms with E-state index in [9.17, 15) is 5.11 Å². The summed E-state index contributed by atoms with van der Waals surface area (Å²) in [5, 5.41) is 13.9. The van der Waals surface area contributed by atoms with E-state index in [1.807, 2.05) is 6.92 Å². The predicted octanol–water partition coefficient (Wildman–Crippen LogP) is 2.14. The number of likely N-dealkylation sites (tertiary alicyclic amines) is 1. The molecule has 3 nitrogen and oxygen atoms in total. The van der Waals surface area contributed by atoms with E-state index < -0.39 is 0 Å². The highest BCUT2D eigenvalue weighted by atomic mass is 16.3. The Labute approximate surface area is 117 Å². The number of hydrogen-bond acceptors (Lipinski definition) is 3. The van der Waals surface area contributed by atoms with Gasteiger partial charge in [0.1, 0.15) is 0 Å². The molecule has 110 valence electrons. The van der Waals surface area contributed by atoms with E-state index in [1.165, 1.54) is 51.5 Å². The van der Waals surface area contributed by atoms with Crippen LogP contribution in [0, 0.1) is 5.92 Å². The molecule has 0 spiro atoms. The Morgan fingerprint density at radius 1 is 1.00 bits per heavy atom. The lowest BCUT2D eigenvalue weighted by molar-refractivity contribution is 0.0413. The monoisotopic (exact) mass is 266 g/mol. The molecule has 3 rings (SSSR count). The van der Waals surface area contributed by atoms with Crippen LogP contribution >= 0.6 is 0 Å². The zero-order chi connectivity index (χ0) is 13.2. The second-order valence-electron chi connectivity index (χ2n) is 7.12. The topological polar surface area (TPSA) is 35.5 Å². The molecule has 3 unspecified atom stereocenters. The van der Waals surface area contributed by atoms with Crippen molar-refractivity contribution in [1.29, 1.82) is 0 Å². The van der Waals surface area contributed by atoms with Crippen LogP contribution in [-0.2, 0) is 0 Å². The largest absolute Gasteiger partial charge is 0.393 e. The van der Waals surface area contributed by atoms with Crippen LogP contribution in [0.25, 0.3) is 0 Å². The minimum absolute atomic E-state index is 0.155. The maximum absolute atomic E-state index is 9.97. The van der Waals surface area contributed by atoms with Crippen molar-refractivity contribution in [2.45, 2.75) is 82.5 Å². The van der Waals surface area contributed by atoms with Gasteiger partial charge in [-0.3, -0.25) is 4.90 Å². The van der Waals surface area contributed by atoms with Gasteiger partial charge < -0.3 is 10.4 Å². The molecule has 0 bridgehead atoms. The molecule has 2 aliphatic carbocycles. The molecule has 3 aliphatic rings. The first-order valence-electron chi connectivity index (χ1n) is 8.40. The first kappa shape index (κ1) is 13.8. The lowest BCUT2D eigenvalue weighted by atomic mass is 9.88. The fraction of sp³-hybridized carbons (Fsp3) is 1.00. The second kappa shape index (κ2) is 6.11. The Morgan fingerprint density at radius 2 is 1.74 bits per heavy atom. The van der Waals surface area contributed by atoms with Crippen molar-refractivity contribution in [2.24, 2.45) is 5.92 Å². The van der Waals surface area contributed by atoms with Crippen LogP contribution in [0.5, 0.6) is 0 Å². The molecular formula is C16H30N2O. The Hall–Kier alpha value is -0.120. The van der Waals surface area contributed by atoms with Gasteiger partial charge >= 0.3 is 0 Å². The van der Waals surface area contributed by atoms with Crippen molar-refractivity contribution in [3.8, 4) is 0 Å². The molecule has 0 amide bonds. The number of nitrogens with one attached hydrogen (secondary N) is 1. The number of aliphatic hydroxyl groups excluding tert-OH is 1. The molecule has 0 aromatic carbocycles. The minimum Gasteiger partial charge on any atom is -0.393 e. The van der Waals surface area contributed by atoms with Gasteiger partial charge in [0.25, 0.3) is 0 Å². The molecule has 3 fully saturated rings. The summed E-state index contributed by atoms with van der Waals surface area (Å²) in [6, 6.07) is 2.18. The third-order valence-corrected chi connectivity index (χ3v) is 5.33. The fourth-order valence-electron chi connectivity index (χ4n) is 3.98. The third kappa shape index (κ3) is 3.71. The van der Waals surface area contributed by atoms with Gasteiger partial charge in [-0.2, -0.15) is 0 Å². The molecule has 0 aromatic heterocycles. The average Bonchev–Trinajstić information content (AvgIpc) is 3.24. The predicted molar refractivity (Wildman–Crippen MR) is 78.2 cm³/mol. The Balaban J connectivity index is 1.55. The van der Waals surface area contributed by atoms with E-state index in [2.05, 4.69) is 10.2 Å². The van der Waals surface area contributed by atoms with E-state index >= 15 is 0 Å². The first-order valence-corrected chi connectivity index (χ1v) is 8.40. The quantitative estimate of drug-likeness (QED) is 0.818. The summed E-state index contributed by atoms with van der Waals surface area (Å²) in [6.45, 7) is 4.30. The molecule has 2 N–H and O–H groups in total. The van der Waals surface area contributed by atoms with Gasteiger partial charge in [0.05, 0.1) is 6.10 Å². The normalized spacial score (nSPS) is 36.3. The molecular weight excluding hydrogens is 236 g/mol. The van der Waals surface area contributed by atoms with Crippen molar-refractivity contribution in [3.05, 3.63) is 0 Å². The highest BCUT2D eigenvalue weighted by Gasteiger charge is 2.37. The van der Waals surface area contributed by atoms with Crippen molar-refractivity contribution in [1.82, 2.24) is 10.2 Å². The Kier molecular flexibility index (Phi) is 4.45. The summed E-state index contributed by atoms with van der Waals surface area (Å²) >= 11 is 0. The zero-order valence-electron chi connectivity index (χ0n) is 12.4. The standard InChI is InChI=1S/C16H30N2O/c1-12(19)13-9-15(11-18(10-13)16-7-8-16)17-14-5-3-2-4-6-14/h12-17,19H,2-11H2,1H3. The van der Waals surface area contributed by atoms with Gasteiger partial charge in [-0.15, -0.1) is 0 Å².